The number of rotatable bonds is 7. The van der Waals surface area contributed by atoms with Gasteiger partial charge < -0.3 is 5.32 Å². The zero-order chi connectivity index (χ0) is 12.9. The molecule has 1 rings (SSSR count). The van der Waals surface area contributed by atoms with Gasteiger partial charge in [0.05, 0.1) is 10.8 Å². The second-order valence-corrected chi connectivity index (χ2v) is 7.64. The van der Waals surface area contributed by atoms with E-state index in [1.165, 1.54) is 6.26 Å². The van der Waals surface area contributed by atoms with E-state index in [0.29, 0.717) is 0 Å². The van der Waals surface area contributed by atoms with Gasteiger partial charge in [0, 0.05) is 23.4 Å². The first kappa shape index (κ1) is 14.6. The van der Waals surface area contributed by atoms with Gasteiger partial charge in [0.2, 0.25) is 0 Å². The number of nitrogens with one attached hydrogen (secondary N) is 1. The Labute approximate surface area is 107 Å². The van der Waals surface area contributed by atoms with E-state index in [9.17, 15) is 8.42 Å². The van der Waals surface area contributed by atoms with E-state index < -0.39 is 9.84 Å². The molecule has 1 aromatic rings. The molecule has 0 amide bonds. The van der Waals surface area contributed by atoms with Crippen molar-refractivity contribution in [3.8, 4) is 0 Å². The maximum absolute atomic E-state index is 11.6. The van der Waals surface area contributed by atoms with E-state index >= 15 is 0 Å². The molecule has 1 aromatic heterocycles. The van der Waals surface area contributed by atoms with E-state index in [2.05, 4.69) is 17.2 Å². The summed E-state index contributed by atoms with van der Waals surface area (Å²) in [6, 6.07) is -0.0367. The summed E-state index contributed by atoms with van der Waals surface area (Å²) in [6.07, 6.45) is 4.82. The predicted octanol–water partition coefficient (Wildman–Crippen LogP) is 1.49. The highest BCUT2D eigenvalue weighted by Crippen LogP contribution is 2.14. The number of thiazole rings is 1. The quantitative estimate of drug-likeness (QED) is 0.819. The molecule has 98 valence electrons. The first-order chi connectivity index (χ1) is 7.95. The Kier molecular flexibility index (Phi) is 5.55. The highest BCUT2D eigenvalue weighted by Gasteiger charge is 2.25. The molecule has 0 saturated carbocycles. The maximum atomic E-state index is 11.6. The predicted molar refractivity (Wildman–Crippen MR) is 72.2 cm³/mol. The Hall–Kier alpha value is -0.460. The number of sulfone groups is 1. The van der Waals surface area contributed by atoms with Gasteiger partial charge in [-0.2, -0.15) is 0 Å². The van der Waals surface area contributed by atoms with Crippen molar-refractivity contribution >= 4 is 21.2 Å². The van der Waals surface area contributed by atoms with Gasteiger partial charge in [0.25, 0.3) is 0 Å². The second-order valence-electron chi connectivity index (χ2n) is 4.27. The van der Waals surface area contributed by atoms with E-state index in [4.69, 9.17) is 0 Å². The molecule has 1 N–H and O–H groups in total. The number of hydrogen-bond donors (Lipinski definition) is 1. The van der Waals surface area contributed by atoms with Gasteiger partial charge in [0.15, 0.2) is 9.84 Å². The van der Waals surface area contributed by atoms with Crippen molar-refractivity contribution in [2.75, 3.05) is 12.8 Å². The van der Waals surface area contributed by atoms with Crippen molar-refractivity contribution < 1.29 is 8.42 Å². The highest BCUT2D eigenvalue weighted by molar-refractivity contribution is 7.91. The number of aromatic nitrogens is 1. The zero-order valence-electron chi connectivity index (χ0n) is 10.5. The molecule has 0 saturated heterocycles. The largest absolute Gasteiger partial charge is 0.312 e. The fraction of sp³-hybridized carbons (Fsp3) is 0.727. The second kappa shape index (κ2) is 6.47. The van der Waals surface area contributed by atoms with Crippen LogP contribution in [0.5, 0.6) is 0 Å². The standard InChI is InChI=1S/C11H20N2O2S2/c1-4-5-13-11(9(2)17(3,14)15)6-10-7-12-8-16-10/h7-9,11,13H,4-6H2,1-3H3. The van der Waals surface area contributed by atoms with Crippen LogP contribution in [0.15, 0.2) is 11.7 Å². The lowest BCUT2D eigenvalue weighted by atomic mass is 10.1. The van der Waals surface area contributed by atoms with Crippen molar-refractivity contribution in [3.05, 3.63) is 16.6 Å². The fourth-order valence-corrected chi connectivity index (χ4v) is 3.04. The van der Waals surface area contributed by atoms with E-state index in [0.717, 1.165) is 24.3 Å². The summed E-state index contributed by atoms with van der Waals surface area (Å²) in [5, 5.41) is 2.94. The lowest BCUT2D eigenvalue weighted by Gasteiger charge is -2.23. The molecule has 0 spiro atoms. The maximum Gasteiger partial charge on any atom is 0.151 e. The number of nitrogens with zero attached hydrogens (tertiary/aromatic N) is 1. The molecule has 0 radical (unpaired) electrons. The van der Waals surface area contributed by atoms with Crippen molar-refractivity contribution in [1.82, 2.24) is 10.3 Å². The first-order valence-corrected chi connectivity index (χ1v) is 8.58. The summed E-state index contributed by atoms with van der Waals surface area (Å²) >= 11 is 1.57. The average Bonchev–Trinajstić information content (AvgIpc) is 2.74. The Morgan fingerprint density at radius 3 is 2.71 bits per heavy atom. The van der Waals surface area contributed by atoms with Crippen molar-refractivity contribution in [2.24, 2.45) is 0 Å². The van der Waals surface area contributed by atoms with Gasteiger partial charge in [-0.15, -0.1) is 11.3 Å². The van der Waals surface area contributed by atoms with Crippen molar-refractivity contribution in [1.29, 1.82) is 0 Å². The SMILES string of the molecule is CCCNC(Cc1cncs1)C(C)S(C)(=O)=O. The number of hydrogen-bond acceptors (Lipinski definition) is 5. The topological polar surface area (TPSA) is 59.1 Å². The van der Waals surface area contributed by atoms with Crippen LogP contribution >= 0.6 is 11.3 Å². The molecule has 6 heteroatoms. The monoisotopic (exact) mass is 276 g/mol. The Bertz CT molecular complexity index is 415. The van der Waals surface area contributed by atoms with Crippen LogP contribution < -0.4 is 5.32 Å². The summed E-state index contributed by atoms with van der Waals surface area (Å²) in [7, 11) is -3.01. The highest BCUT2D eigenvalue weighted by atomic mass is 32.2. The van der Waals surface area contributed by atoms with Crippen LogP contribution in [0.25, 0.3) is 0 Å². The third kappa shape index (κ3) is 4.73. The lowest BCUT2D eigenvalue weighted by molar-refractivity contribution is 0.484. The minimum Gasteiger partial charge on any atom is -0.312 e. The molecule has 2 atom stereocenters. The van der Waals surface area contributed by atoms with Crippen molar-refractivity contribution in [3.63, 3.8) is 0 Å². The molecule has 1 heterocycles. The Balaban J connectivity index is 2.73. The average molecular weight is 276 g/mol. The Morgan fingerprint density at radius 1 is 1.53 bits per heavy atom. The first-order valence-electron chi connectivity index (χ1n) is 5.74. The van der Waals surface area contributed by atoms with Crippen LogP contribution in [0.3, 0.4) is 0 Å². The fourth-order valence-electron chi connectivity index (χ4n) is 1.59. The summed E-state index contributed by atoms with van der Waals surface area (Å²) in [6.45, 7) is 4.68. The van der Waals surface area contributed by atoms with Gasteiger partial charge in [-0.05, 0) is 26.3 Å². The Morgan fingerprint density at radius 2 is 2.24 bits per heavy atom. The van der Waals surface area contributed by atoms with E-state index in [1.54, 1.807) is 30.0 Å². The van der Waals surface area contributed by atoms with Gasteiger partial charge in [-0.3, -0.25) is 4.98 Å². The van der Waals surface area contributed by atoms with Gasteiger partial charge in [-0.25, -0.2) is 8.42 Å². The lowest BCUT2D eigenvalue weighted by Crippen LogP contribution is -2.44. The summed E-state index contributed by atoms with van der Waals surface area (Å²) < 4.78 is 23.2. The van der Waals surface area contributed by atoms with Crippen LogP contribution in [0.1, 0.15) is 25.1 Å². The van der Waals surface area contributed by atoms with E-state index in [1.807, 2.05) is 0 Å². The molecular formula is C11H20N2O2S2. The summed E-state index contributed by atoms with van der Waals surface area (Å²) in [5.41, 5.74) is 1.78. The van der Waals surface area contributed by atoms with E-state index in [-0.39, 0.29) is 11.3 Å². The van der Waals surface area contributed by atoms with Gasteiger partial charge in [0.1, 0.15) is 0 Å². The smallest absolute Gasteiger partial charge is 0.151 e. The van der Waals surface area contributed by atoms with Crippen LogP contribution in [0.2, 0.25) is 0 Å². The molecular weight excluding hydrogens is 256 g/mol. The van der Waals surface area contributed by atoms with Crippen LogP contribution in [-0.4, -0.2) is 37.5 Å². The van der Waals surface area contributed by atoms with Gasteiger partial charge >= 0.3 is 0 Å². The minimum absolute atomic E-state index is 0.0367. The molecule has 0 bridgehead atoms. The zero-order valence-corrected chi connectivity index (χ0v) is 12.1. The molecule has 0 aliphatic heterocycles. The van der Waals surface area contributed by atoms with Gasteiger partial charge in [-0.1, -0.05) is 6.92 Å². The molecule has 0 fully saturated rings. The van der Waals surface area contributed by atoms with Crippen LogP contribution in [-0.2, 0) is 16.3 Å². The molecule has 17 heavy (non-hydrogen) atoms. The summed E-state index contributed by atoms with van der Waals surface area (Å²) in [5.74, 6) is 0. The normalized spacial score (nSPS) is 15.7. The molecule has 4 nitrogen and oxygen atoms in total. The third-order valence-electron chi connectivity index (χ3n) is 2.80. The molecule has 2 unspecified atom stereocenters. The van der Waals surface area contributed by atoms with Crippen molar-refractivity contribution in [2.45, 2.75) is 38.0 Å². The third-order valence-corrected chi connectivity index (χ3v) is 5.28. The van der Waals surface area contributed by atoms with Crippen LogP contribution in [0.4, 0.5) is 0 Å². The van der Waals surface area contributed by atoms with Crippen LogP contribution in [0, 0.1) is 0 Å². The molecule has 0 aliphatic carbocycles. The summed E-state index contributed by atoms with van der Waals surface area (Å²) in [4.78, 5) is 5.14. The molecule has 0 aliphatic rings. The minimum atomic E-state index is -3.01. The molecule has 0 aromatic carbocycles.